The molecule has 2 aromatic rings. The van der Waals surface area contributed by atoms with Gasteiger partial charge in [0.2, 0.25) is 11.8 Å². The minimum Gasteiger partial charge on any atom is -0.469 e. The van der Waals surface area contributed by atoms with E-state index >= 15 is 0 Å². The Bertz CT molecular complexity index is 746. The number of ether oxygens (including phenoxy) is 3. The standard InChI is InChI=1S/C19H24N4O3/c1-13(23-7-9-24-10-8-23)17-16(14-5-3-2-4-6-14)18(22-19(20)21-17)26-15-11-25-12-15/h2-6,13,15H,7-12H2,1H3,(H2,20,21,22). The summed E-state index contributed by atoms with van der Waals surface area (Å²) < 4.78 is 16.8. The molecular weight excluding hydrogens is 332 g/mol. The van der Waals surface area contributed by atoms with Crippen LogP contribution in [0.5, 0.6) is 5.88 Å². The molecule has 4 rings (SSSR count). The van der Waals surface area contributed by atoms with Gasteiger partial charge in [0.25, 0.3) is 0 Å². The highest BCUT2D eigenvalue weighted by Gasteiger charge is 2.29. The van der Waals surface area contributed by atoms with Gasteiger partial charge >= 0.3 is 0 Å². The number of rotatable bonds is 5. The van der Waals surface area contributed by atoms with E-state index in [1.165, 1.54) is 0 Å². The summed E-state index contributed by atoms with van der Waals surface area (Å²) in [5.41, 5.74) is 8.86. The van der Waals surface area contributed by atoms with Gasteiger partial charge in [-0.2, -0.15) is 4.98 Å². The fourth-order valence-corrected chi connectivity index (χ4v) is 3.32. The first-order valence-corrected chi connectivity index (χ1v) is 9.01. The van der Waals surface area contributed by atoms with Crippen molar-refractivity contribution in [2.75, 3.05) is 45.3 Å². The number of nitrogens with zero attached hydrogens (tertiary/aromatic N) is 3. The van der Waals surface area contributed by atoms with Gasteiger partial charge < -0.3 is 19.9 Å². The molecule has 1 atom stereocenters. The molecule has 0 saturated carbocycles. The Kier molecular flexibility index (Phi) is 5.01. The molecule has 26 heavy (non-hydrogen) atoms. The molecule has 0 bridgehead atoms. The Morgan fingerprint density at radius 3 is 2.50 bits per heavy atom. The van der Waals surface area contributed by atoms with Crippen LogP contribution in [0.3, 0.4) is 0 Å². The number of hydrogen-bond donors (Lipinski definition) is 1. The molecule has 2 saturated heterocycles. The molecule has 2 fully saturated rings. The molecule has 3 heterocycles. The third kappa shape index (κ3) is 3.51. The fourth-order valence-electron chi connectivity index (χ4n) is 3.32. The van der Waals surface area contributed by atoms with Crippen molar-refractivity contribution in [3.63, 3.8) is 0 Å². The van der Waals surface area contributed by atoms with Crippen molar-refractivity contribution in [2.45, 2.75) is 19.1 Å². The number of anilines is 1. The molecule has 0 amide bonds. The van der Waals surface area contributed by atoms with Gasteiger partial charge in [-0.3, -0.25) is 4.90 Å². The maximum Gasteiger partial charge on any atom is 0.227 e. The number of nitrogens with two attached hydrogens (primary N) is 1. The SMILES string of the molecule is CC(c1nc(N)nc(OC2COC2)c1-c1ccccc1)N1CCOCC1. The highest BCUT2D eigenvalue weighted by atomic mass is 16.6. The highest BCUT2D eigenvalue weighted by Crippen LogP contribution is 2.37. The van der Waals surface area contributed by atoms with Crippen molar-refractivity contribution in [2.24, 2.45) is 0 Å². The van der Waals surface area contributed by atoms with E-state index in [1.807, 2.05) is 18.2 Å². The maximum absolute atomic E-state index is 6.10. The number of aromatic nitrogens is 2. The van der Waals surface area contributed by atoms with E-state index in [-0.39, 0.29) is 18.1 Å². The van der Waals surface area contributed by atoms with Crippen LogP contribution < -0.4 is 10.5 Å². The third-order valence-corrected chi connectivity index (χ3v) is 4.86. The lowest BCUT2D eigenvalue weighted by Gasteiger charge is -2.33. The molecule has 0 aliphatic carbocycles. The summed E-state index contributed by atoms with van der Waals surface area (Å²) in [5, 5.41) is 0. The number of hydrogen-bond acceptors (Lipinski definition) is 7. The van der Waals surface area contributed by atoms with Crippen molar-refractivity contribution in [1.29, 1.82) is 0 Å². The molecule has 0 spiro atoms. The molecule has 1 aromatic heterocycles. The van der Waals surface area contributed by atoms with Crippen molar-refractivity contribution >= 4 is 5.95 Å². The van der Waals surface area contributed by atoms with Crippen molar-refractivity contribution in [1.82, 2.24) is 14.9 Å². The van der Waals surface area contributed by atoms with Crippen LogP contribution in [0, 0.1) is 0 Å². The number of morpholine rings is 1. The Morgan fingerprint density at radius 2 is 1.85 bits per heavy atom. The normalized spacial score (nSPS) is 19.7. The van der Waals surface area contributed by atoms with Crippen LogP contribution in [0.1, 0.15) is 18.7 Å². The summed E-state index contributed by atoms with van der Waals surface area (Å²) in [6.07, 6.45) is 0.0123. The monoisotopic (exact) mass is 356 g/mol. The Labute approximate surface area is 153 Å². The van der Waals surface area contributed by atoms with Crippen LogP contribution in [0.15, 0.2) is 30.3 Å². The molecule has 1 aromatic carbocycles. The quantitative estimate of drug-likeness (QED) is 0.876. The zero-order valence-electron chi connectivity index (χ0n) is 14.9. The summed E-state index contributed by atoms with van der Waals surface area (Å²) in [5.74, 6) is 0.766. The summed E-state index contributed by atoms with van der Waals surface area (Å²) in [6, 6.07) is 10.2. The van der Waals surface area contributed by atoms with Crippen LogP contribution in [0.2, 0.25) is 0 Å². The first-order chi connectivity index (χ1) is 12.7. The zero-order valence-corrected chi connectivity index (χ0v) is 14.9. The van der Waals surface area contributed by atoms with Gasteiger partial charge in [0, 0.05) is 13.1 Å². The molecular formula is C19H24N4O3. The van der Waals surface area contributed by atoms with Gasteiger partial charge in [0.05, 0.1) is 43.7 Å². The van der Waals surface area contributed by atoms with Crippen molar-refractivity contribution in [3.8, 4) is 17.0 Å². The molecule has 2 N–H and O–H groups in total. The van der Waals surface area contributed by atoms with Gasteiger partial charge in [-0.1, -0.05) is 30.3 Å². The summed E-state index contributed by atoms with van der Waals surface area (Å²) >= 11 is 0. The van der Waals surface area contributed by atoms with E-state index in [0.717, 1.165) is 43.1 Å². The second-order valence-corrected chi connectivity index (χ2v) is 6.61. The van der Waals surface area contributed by atoms with Crippen LogP contribution in [-0.4, -0.2) is 60.5 Å². The van der Waals surface area contributed by atoms with Gasteiger partial charge in [-0.05, 0) is 12.5 Å². The molecule has 7 nitrogen and oxygen atoms in total. The van der Waals surface area contributed by atoms with Crippen LogP contribution in [0.4, 0.5) is 5.95 Å². The van der Waals surface area contributed by atoms with E-state index in [9.17, 15) is 0 Å². The molecule has 2 aliphatic rings. The number of benzene rings is 1. The first kappa shape index (κ1) is 17.2. The molecule has 0 radical (unpaired) electrons. The molecule has 1 unspecified atom stereocenters. The lowest BCUT2D eigenvalue weighted by molar-refractivity contribution is -0.0811. The summed E-state index contributed by atoms with van der Waals surface area (Å²) in [6.45, 7) is 6.50. The van der Waals surface area contributed by atoms with Gasteiger partial charge in [-0.25, -0.2) is 4.98 Å². The predicted molar refractivity (Wildman–Crippen MR) is 97.9 cm³/mol. The molecule has 138 valence electrons. The summed E-state index contributed by atoms with van der Waals surface area (Å²) in [4.78, 5) is 11.4. The first-order valence-electron chi connectivity index (χ1n) is 9.01. The van der Waals surface area contributed by atoms with E-state index in [2.05, 4.69) is 33.9 Å². The maximum atomic E-state index is 6.10. The van der Waals surface area contributed by atoms with E-state index in [1.54, 1.807) is 0 Å². The average Bonchev–Trinajstić information content (AvgIpc) is 2.65. The third-order valence-electron chi connectivity index (χ3n) is 4.86. The highest BCUT2D eigenvalue weighted by molar-refractivity contribution is 5.72. The number of nitrogen functional groups attached to an aromatic ring is 1. The predicted octanol–water partition coefficient (Wildman–Crippen LogP) is 1.90. The fraction of sp³-hybridized carbons (Fsp3) is 0.474. The van der Waals surface area contributed by atoms with Crippen LogP contribution in [0.25, 0.3) is 11.1 Å². The summed E-state index contributed by atoms with van der Waals surface area (Å²) in [7, 11) is 0. The second kappa shape index (κ2) is 7.57. The molecule has 7 heteroatoms. The average molecular weight is 356 g/mol. The van der Waals surface area contributed by atoms with Gasteiger partial charge in [-0.15, -0.1) is 0 Å². The smallest absolute Gasteiger partial charge is 0.227 e. The Morgan fingerprint density at radius 1 is 1.12 bits per heavy atom. The van der Waals surface area contributed by atoms with E-state index in [4.69, 9.17) is 19.9 Å². The minimum absolute atomic E-state index is 0.0123. The largest absolute Gasteiger partial charge is 0.469 e. The van der Waals surface area contributed by atoms with Crippen molar-refractivity contribution in [3.05, 3.63) is 36.0 Å². The zero-order chi connectivity index (χ0) is 17.9. The van der Waals surface area contributed by atoms with Gasteiger partial charge in [0.1, 0.15) is 6.10 Å². The minimum atomic E-state index is 0.0123. The van der Waals surface area contributed by atoms with Crippen LogP contribution >= 0.6 is 0 Å². The van der Waals surface area contributed by atoms with E-state index in [0.29, 0.717) is 19.1 Å². The second-order valence-electron chi connectivity index (χ2n) is 6.61. The van der Waals surface area contributed by atoms with E-state index < -0.39 is 0 Å². The van der Waals surface area contributed by atoms with Crippen molar-refractivity contribution < 1.29 is 14.2 Å². The van der Waals surface area contributed by atoms with Crippen LogP contribution in [-0.2, 0) is 9.47 Å². The topological polar surface area (TPSA) is 82.7 Å². The Hall–Kier alpha value is -2.22. The lowest BCUT2D eigenvalue weighted by atomic mass is 10.00. The lowest BCUT2D eigenvalue weighted by Crippen LogP contribution is -2.40. The Balaban J connectivity index is 1.77. The van der Waals surface area contributed by atoms with Gasteiger partial charge in [0.15, 0.2) is 0 Å². The molecule has 2 aliphatic heterocycles.